The number of carbonyl (C=O) groups excluding carboxylic acids is 1. The summed E-state index contributed by atoms with van der Waals surface area (Å²) in [6.45, 7) is 0.889. The standard InChI is InChI=1S/C13H16N4O2S/c14-13-17-16-12(20-13)6-8-15-11(18)7-9-19-10-4-2-1-3-5-10/h1-5H,6-9H2,(H2,14,17)(H,15,18). The van der Waals surface area contributed by atoms with Crippen molar-refractivity contribution in [1.82, 2.24) is 15.5 Å². The Kier molecular flexibility index (Phi) is 5.31. The summed E-state index contributed by atoms with van der Waals surface area (Å²) in [5, 5.41) is 11.7. The number of aromatic nitrogens is 2. The van der Waals surface area contributed by atoms with Crippen molar-refractivity contribution < 1.29 is 9.53 Å². The summed E-state index contributed by atoms with van der Waals surface area (Å²) in [5.41, 5.74) is 5.47. The van der Waals surface area contributed by atoms with Gasteiger partial charge in [0.2, 0.25) is 11.0 Å². The summed E-state index contributed by atoms with van der Waals surface area (Å²) < 4.78 is 5.45. The van der Waals surface area contributed by atoms with E-state index in [0.717, 1.165) is 10.8 Å². The molecule has 0 unspecified atom stereocenters. The monoisotopic (exact) mass is 292 g/mol. The zero-order chi connectivity index (χ0) is 14.2. The van der Waals surface area contributed by atoms with Crippen molar-refractivity contribution in [2.75, 3.05) is 18.9 Å². The minimum Gasteiger partial charge on any atom is -0.493 e. The Morgan fingerprint density at radius 1 is 1.30 bits per heavy atom. The molecule has 6 nitrogen and oxygen atoms in total. The van der Waals surface area contributed by atoms with Gasteiger partial charge in [-0.1, -0.05) is 29.5 Å². The Bertz CT molecular complexity index is 544. The summed E-state index contributed by atoms with van der Waals surface area (Å²) in [6.07, 6.45) is 0.966. The van der Waals surface area contributed by atoms with Crippen LogP contribution in [0.5, 0.6) is 5.75 Å². The molecule has 7 heteroatoms. The molecule has 2 rings (SSSR count). The third kappa shape index (κ3) is 4.85. The predicted molar refractivity (Wildman–Crippen MR) is 77.6 cm³/mol. The lowest BCUT2D eigenvalue weighted by atomic mass is 10.3. The van der Waals surface area contributed by atoms with Crippen LogP contribution in [-0.4, -0.2) is 29.3 Å². The highest BCUT2D eigenvalue weighted by molar-refractivity contribution is 7.15. The minimum atomic E-state index is -0.0431. The molecular formula is C13H16N4O2S. The van der Waals surface area contributed by atoms with Crippen molar-refractivity contribution in [2.45, 2.75) is 12.8 Å². The summed E-state index contributed by atoms with van der Waals surface area (Å²) in [5.74, 6) is 0.725. The number of benzene rings is 1. The molecule has 20 heavy (non-hydrogen) atoms. The van der Waals surface area contributed by atoms with Gasteiger partial charge in [-0.15, -0.1) is 10.2 Å². The Labute approximate surface area is 121 Å². The van der Waals surface area contributed by atoms with Gasteiger partial charge < -0.3 is 15.8 Å². The first-order valence-electron chi connectivity index (χ1n) is 6.26. The zero-order valence-electron chi connectivity index (χ0n) is 10.9. The number of nitrogens with zero attached hydrogens (tertiary/aromatic N) is 2. The van der Waals surface area contributed by atoms with Crippen LogP contribution in [0.15, 0.2) is 30.3 Å². The molecule has 0 atom stereocenters. The van der Waals surface area contributed by atoms with Crippen molar-refractivity contribution in [3.8, 4) is 5.75 Å². The van der Waals surface area contributed by atoms with Crippen LogP contribution in [0.4, 0.5) is 5.13 Å². The fourth-order valence-electron chi connectivity index (χ4n) is 1.54. The van der Waals surface area contributed by atoms with E-state index in [4.69, 9.17) is 10.5 Å². The Morgan fingerprint density at radius 2 is 2.10 bits per heavy atom. The SMILES string of the molecule is Nc1nnc(CCNC(=O)CCOc2ccccc2)s1. The number of hydrogen-bond acceptors (Lipinski definition) is 6. The number of hydrogen-bond donors (Lipinski definition) is 2. The van der Waals surface area contributed by atoms with Gasteiger partial charge >= 0.3 is 0 Å². The smallest absolute Gasteiger partial charge is 0.223 e. The van der Waals surface area contributed by atoms with E-state index in [1.807, 2.05) is 30.3 Å². The van der Waals surface area contributed by atoms with E-state index in [1.54, 1.807) is 0 Å². The fraction of sp³-hybridized carbons (Fsp3) is 0.308. The molecule has 1 aromatic heterocycles. The van der Waals surface area contributed by atoms with Gasteiger partial charge in [-0.05, 0) is 12.1 Å². The second-order valence-electron chi connectivity index (χ2n) is 4.05. The number of para-hydroxylation sites is 1. The first-order chi connectivity index (χ1) is 9.74. The third-order valence-electron chi connectivity index (χ3n) is 2.48. The molecular weight excluding hydrogens is 276 g/mol. The summed E-state index contributed by atoms with van der Waals surface area (Å²) >= 11 is 1.33. The molecule has 106 valence electrons. The van der Waals surface area contributed by atoms with Gasteiger partial charge in [0.1, 0.15) is 10.8 Å². The molecule has 0 saturated carbocycles. The number of nitrogens with one attached hydrogen (secondary N) is 1. The largest absolute Gasteiger partial charge is 0.493 e. The maximum absolute atomic E-state index is 11.6. The lowest BCUT2D eigenvalue weighted by molar-refractivity contribution is -0.121. The van der Waals surface area contributed by atoms with E-state index in [1.165, 1.54) is 11.3 Å². The molecule has 1 amide bonds. The van der Waals surface area contributed by atoms with Crippen molar-refractivity contribution in [3.63, 3.8) is 0 Å². The number of ether oxygens (including phenoxy) is 1. The van der Waals surface area contributed by atoms with E-state index >= 15 is 0 Å². The molecule has 0 bridgehead atoms. The van der Waals surface area contributed by atoms with Gasteiger partial charge in [-0.25, -0.2) is 0 Å². The maximum atomic E-state index is 11.6. The predicted octanol–water partition coefficient (Wildman–Crippen LogP) is 1.25. The fourth-order valence-corrected chi connectivity index (χ4v) is 2.15. The highest BCUT2D eigenvalue weighted by Crippen LogP contribution is 2.10. The number of amides is 1. The van der Waals surface area contributed by atoms with E-state index in [9.17, 15) is 4.79 Å². The van der Waals surface area contributed by atoms with Crippen LogP contribution in [0, 0.1) is 0 Å². The molecule has 0 radical (unpaired) electrons. The van der Waals surface area contributed by atoms with Crippen LogP contribution in [-0.2, 0) is 11.2 Å². The van der Waals surface area contributed by atoms with Crippen molar-refractivity contribution in [3.05, 3.63) is 35.3 Å². The molecule has 0 aliphatic heterocycles. The number of carbonyl (C=O) groups is 1. The van der Waals surface area contributed by atoms with E-state index in [0.29, 0.717) is 31.1 Å². The summed E-state index contributed by atoms with van der Waals surface area (Å²) in [7, 11) is 0. The number of anilines is 1. The zero-order valence-corrected chi connectivity index (χ0v) is 11.7. The van der Waals surface area contributed by atoms with Crippen LogP contribution in [0.1, 0.15) is 11.4 Å². The van der Waals surface area contributed by atoms with Gasteiger partial charge in [0.25, 0.3) is 0 Å². The van der Waals surface area contributed by atoms with Crippen LogP contribution in [0.2, 0.25) is 0 Å². The molecule has 2 aromatic rings. The lowest BCUT2D eigenvalue weighted by Gasteiger charge is -2.06. The maximum Gasteiger partial charge on any atom is 0.223 e. The average Bonchev–Trinajstić information content (AvgIpc) is 2.86. The van der Waals surface area contributed by atoms with Gasteiger partial charge in [-0.3, -0.25) is 4.79 Å². The second kappa shape index (κ2) is 7.44. The van der Waals surface area contributed by atoms with Gasteiger partial charge in [-0.2, -0.15) is 0 Å². The van der Waals surface area contributed by atoms with Crippen LogP contribution < -0.4 is 15.8 Å². The molecule has 0 saturated heterocycles. The summed E-state index contributed by atoms with van der Waals surface area (Å²) in [4.78, 5) is 11.6. The number of nitrogens with two attached hydrogens (primary N) is 1. The van der Waals surface area contributed by atoms with Gasteiger partial charge in [0.15, 0.2) is 0 Å². The molecule has 1 aromatic carbocycles. The Morgan fingerprint density at radius 3 is 2.80 bits per heavy atom. The van der Waals surface area contributed by atoms with Crippen LogP contribution in [0.25, 0.3) is 0 Å². The molecule has 1 heterocycles. The lowest BCUT2D eigenvalue weighted by Crippen LogP contribution is -2.27. The van der Waals surface area contributed by atoms with E-state index in [2.05, 4.69) is 15.5 Å². The number of nitrogen functional groups attached to an aromatic ring is 1. The second-order valence-corrected chi connectivity index (χ2v) is 5.14. The molecule has 0 fully saturated rings. The number of rotatable bonds is 7. The average molecular weight is 292 g/mol. The summed E-state index contributed by atoms with van der Waals surface area (Å²) in [6, 6.07) is 9.42. The molecule has 0 spiro atoms. The molecule has 0 aliphatic rings. The van der Waals surface area contributed by atoms with Gasteiger partial charge in [0.05, 0.1) is 13.0 Å². The van der Waals surface area contributed by atoms with Crippen molar-refractivity contribution >= 4 is 22.4 Å². The topological polar surface area (TPSA) is 90.1 Å². The highest BCUT2D eigenvalue weighted by Gasteiger charge is 2.04. The van der Waals surface area contributed by atoms with E-state index < -0.39 is 0 Å². The highest BCUT2D eigenvalue weighted by atomic mass is 32.1. The first-order valence-corrected chi connectivity index (χ1v) is 7.08. The first kappa shape index (κ1) is 14.3. The van der Waals surface area contributed by atoms with Gasteiger partial charge in [0, 0.05) is 13.0 Å². The van der Waals surface area contributed by atoms with Crippen LogP contribution >= 0.6 is 11.3 Å². The van der Waals surface area contributed by atoms with Crippen LogP contribution in [0.3, 0.4) is 0 Å². The van der Waals surface area contributed by atoms with E-state index in [-0.39, 0.29) is 5.91 Å². The Balaban J connectivity index is 1.59. The quantitative estimate of drug-likeness (QED) is 0.801. The molecule has 3 N–H and O–H groups in total. The molecule has 0 aliphatic carbocycles. The van der Waals surface area contributed by atoms with Crippen molar-refractivity contribution in [2.24, 2.45) is 0 Å². The third-order valence-corrected chi connectivity index (χ3v) is 3.30. The Hall–Kier alpha value is -2.15. The minimum absolute atomic E-state index is 0.0431. The van der Waals surface area contributed by atoms with Crippen molar-refractivity contribution in [1.29, 1.82) is 0 Å². The normalized spacial score (nSPS) is 10.2.